The molecule has 0 spiro atoms. The standard InChI is InChI=1S/C12H21N3O/c1-9(2)7-14-8-10(6-13)11(16)15-12(3,4)5/h8-9,14H,7H2,1-5H3,(H,15,16)/b10-8-. The van der Waals surface area contributed by atoms with E-state index in [0.29, 0.717) is 5.92 Å². The Morgan fingerprint density at radius 2 is 2.00 bits per heavy atom. The van der Waals surface area contributed by atoms with E-state index in [9.17, 15) is 4.79 Å². The van der Waals surface area contributed by atoms with Crippen LogP contribution < -0.4 is 10.6 Å². The molecule has 0 saturated carbocycles. The van der Waals surface area contributed by atoms with Gasteiger partial charge in [-0.1, -0.05) is 13.8 Å². The van der Waals surface area contributed by atoms with Gasteiger partial charge in [0.2, 0.25) is 0 Å². The molecule has 0 bridgehead atoms. The van der Waals surface area contributed by atoms with E-state index >= 15 is 0 Å². The third kappa shape index (κ3) is 6.88. The van der Waals surface area contributed by atoms with Crippen molar-refractivity contribution < 1.29 is 4.79 Å². The lowest BCUT2D eigenvalue weighted by molar-refractivity contribution is -0.118. The van der Waals surface area contributed by atoms with Crippen molar-refractivity contribution in [1.29, 1.82) is 5.26 Å². The van der Waals surface area contributed by atoms with E-state index in [0.717, 1.165) is 6.54 Å². The van der Waals surface area contributed by atoms with Gasteiger partial charge >= 0.3 is 0 Å². The minimum absolute atomic E-state index is 0.107. The van der Waals surface area contributed by atoms with Gasteiger partial charge in [-0.25, -0.2) is 0 Å². The van der Waals surface area contributed by atoms with Crippen LogP contribution in [0.1, 0.15) is 34.6 Å². The van der Waals surface area contributed by atoms with Gasteiger partial charge in [0.25, 0.3) is 5.91 Å². The van der Waals surface area contributed by atoms with E-state index in [1.54, 1.807) is 0 Å². The number of nitriles is 1. The van der Waals surface area contributed by atoms with E-state index in [4.69, 9.17) is 5.26 Å². The van der Waals surface area contributed by atoms with Gasteiger partial charge in [-0.2, -0.15) is 5.26 Å². The summed E-state index contributed by atoms with van der Waals surface area (Å²) >= 11 is 0. The van der Waals surface area contributed by atoms with Gasteiger partial charge in [0.05, 0.1) is 0 Å². The fourth-order valence-electron chi connectivity index (χ4n) is 0.953. The first kappa shape index (κ1) is 14.5. The molecule has 0 aromatic carbocycles. The molecule has 1 amide bonds. The zero-order valence-corrected chi connectivity index (χ0v) is 10.7. The SMILES string of the molecule is CC(C)CN/C=C(/C#N)C(=O)NC(C)(C)C. The Morgan fingerprint density at radius 1 is 1.44 bits per heavy atom. The summed E-state index contributed by atoms with van der Waals surface area (Å²) in [6, 6.07) is 1.88. The molecule has 0 radical (unpaired) electrons. The van der Waals surface area contributed by atoms with E-state index in [-0.39, 0.29) is 17.0 Å². The summed E-state index contributed by atoms with van der Waals surface area (Å²) in [4.78, 5) is 11.6. The molecule has 0 atom stereocenters. The van der Waals surface area contributed by atoms with Crippen LogP contribution in [0.3, 0.4) is 0 Å². The minimum Gasteiger partial charge on any atom is -0.389 e. The maximum absolute atomic E-state index is 11.6. The molecule has 0 aliphatic heterocycles. The maximum Gasteiger partial charge on any atom is 0.263 e. The Bertz CT molecular complexity index is 305. The number of nitrogens with zero attached hydrogens (tertiary/aromatic N) is 1. The van der Waals surface area contributed by atoms with Gasteiger partial charge in [0, 0.05) is 18.3 Å². The Hall–Kier alpha value is -1.50. The average Bonchev–Trinajstić information content (AvgIpc) is 2.08. The van der Waals surface area contributed by atoms with Crippen molar-refractivity contribution in [3.8, 4) is 6.07 Å². The molecule has 4 heteroatoms. The van der Waals surface area contributed by atoms with Gasteiger partial charge in [0.15, 0.2) is 0 Å². The molecule has 0 unspecified atom stereocenters. The van der Waals surface area contributed by atoms with Crippen molar-refractivity contribution in [3.63, 3.8) is 0 Å². The topological polar surface area (TPSA) is 64.9 Å². The minimum atomic E-state index is -0.341. The highest BCUT2D eigenvalue weighted by atomic mass is 16.1. The highest BCUT2D eigenvalue weighted by Crippen LogP contribution is 2.01. The van der Waals surface area contributed by atoms with Crippen molar-refractivity contribution in [2.24, 2.45) is 5.92 Å². The first-order valence-corrected chi connectivity index (χ1v) is 5.42. The van der Waals surface area contributed by atoms with Crippen LogP contribution in [-0.4, -0.2) is 18.0 Å². The zero-order chi connectivity index (χ0) is 12.8. The van der Waals surface area contributed by atoms with Crippen LogP contribution in [-0.2, 0) is 4.79 Å². The third-order valence-corrected chi connectivity index (χ3v) is 1.63. The van der Waals surface area contributed by atoms with Crippen molar-refractivity contribution in [2.75, 3.05) is 6.54 Å². The summed E-state index contributed by atoms with van der Waals surface area (Å²) in [6.45, 7) is 10.5. The number of carbonyl (C=O) groups excluding carboxylic acids is 1. The van der Waals surface area contributed by atoms with E-state index in [1.165, 1.54) is 6.20 Å². The lowest BCUT2D eigenvalue weighted by atomic mass is 10.1. The number of rotatable bonds is 4. The lowest BCUT2D eigenvalue weighted by Crippen LogP contribution is -2.41. The molecule has 2 N–H and O–H groups in total. The summed E-state index contributed by atoms with van der Waals surface area (Å²) in [5.74, 6) is 0.133. The fourth-order valence-corrected chi connectivity index (χ4v) is 0.953. The quantitative estimate of drug-likeness (QED) is 0.561. The summed E-state index contributed by atoms with van der Waals surface area (Å²) in [7, 11) is 0. The summed E-state index contributed by atoms with van der Waals surface area (Å²) in [6.07, 6.45) is 1.47. The average molecular weight is 223 g/mol. The molecule has 0 saturated heterocycles. The molecule has 0 aromatic rings. The van der Waals surface area contributed by atoms with Crippen LogP contribution in [0.4, 0.5) is 0 Å². The Kier molecular flexibility index (Phi) is 5.59. The van der Waals surface area contributed by atoms with Crippen molar-refractivity contribution in [1.82, 2.24) is 10.6 Å². The van der Waals surface area contributed by atoms with Gasteiger partial charge in [-0.05, 0) is 26.7 Å². The molecule has 16 heavy (non-hydrogen) atoms. The molecular weight excluding hydrogens is 202 g/mol. The van der Waals surface area contributed by atoms with Crippen molar-refractivity contribution in [3.05, 3.63) is 11.8 Å². The zero-order valence-electron chi connectivity index (χ0n) is 10.7. The molecule has 4 nitrogen and oxygen atoms in total. The van der Waals surface area contributed by atoms with Gasteiger partial charge in [-0.15, -0.1) is 0 Å². The Balaban J connectivity index is 4.39. The van der Waals surface area contributed by atoms with Gasteiger partial charge in [0.1, 0.15) is 11.6 Å². The molecule has 0 fully saturated rings. The van der Waals surface area contributed by atoms with Crippen LogP contribution in [0.15, 0.2) is 11.8 Å². The second-order valence-electron chi connectivity index (χ2n) is 5.18. The monoisotopic (exact) mass is 223 g/mol. The molecule has 0 aromatic heterocycles. The highest BCUT2D eigenvalue weighted by molar-refractivity contribution is 5.97. The summed E-state index contributed by atoms with van der Waals surface area (Å²) < 4.78 is 0. The number of amides is 1. The maximum atomic E-state index is 11.6. The fraction of sp³-hybridized carbons (Fsp3) is 0.667. The molecule has 0 aliphatic rings. The normalized spacial score (nSPS) is 12.2. The number of nitrogens with one attached hydrogen (secondary N) is 2. The van der Waals surface area contributed by atoms with Crippen LogP contribution in [0.25, 0.3) is 0 Å². The number of hydrogen-bond donors (Lipinski definition) is 2. The van der Waals surface area contributed by atoms with Crippen molar-refractivity contribution >= 4 is 5.91 Å². The summed E-state index contributed by atoms with van der Waals surface area (Å²) in [5, 5.41) is 14.5. The highest BCUT2D eigenvalue weighted by Gasteiger charge is 2.16. The summed E-state index contributed by atoms with van der Waals surface area (Å²) in [5.41, 5.74) is -0.221. The molecule has 90 valence electrons. The smallest absolute Gasteiger partial charge is 0.263 e. The Labute approximate surface area is 97.7 Å². The predicted molar refractivity (Wildman–Crippen MR) is 64.4 cm³/mol. The number of carbonyl (C=O) groups is 1. The lowest BCUT2D eigenvalue weighted by Gasteiger charge is -2.20. The third-order valence-electron chi connectivity index (χ3n) is 1.63. The van der Waals surface area contributed by atoms with Crippen LogP contribution in [0, 0.1) is 17.2 Å². The molecule has 0 heterocycles. The number of hydrogen-bond acceptors (Lipinski definition) is 3. The second kappa shape index (κ2) is 6.16. The molecule has 0 rings (SSSR count). The molecule has 0 aliphatic carbocycles. The van der Waals surface area contributed by atoms with E-state index in [1.807, 2.05) is 26.8 Å². The first-order valence-electron chi connectivity index (χ1n) is 5.42. The van der Waals surface area contributed by atoms with E-state index < -0.39 is 0 Å². The first-order chi connectivity index (χ1) is 7.26. The van der Waals surface area contributed by atoms with Crippen molar-refractivity contribution in [2.45, 2.75) is 40.2 Å². The van der Waals surface area contributed by atoms with E-state index in [2.05, 4.69) is 24.5 Å². The Morgan fingerprint density at radius 3 is 2.38 bits per heavy atom. The van der Waals surface area contributed by atoms with Crippen LogP contribution in [0.5, 0.6) is 0 Å². The predicted octanol–water partition coefficient (Wildman–Crippen LogP) is 1.55. The largest absolute Gasteiger partial charge is 0.389 e. The molecular formula is C12H21N3O. The van der Waals surface area contributed by atoms with Gasteiger partial charge < -0.3 is 10.6 Å². The van der Waals surface area contributed by atoms with Crippen LogP contribution >= 0.6 is 0 Å². The second-order valence-corrected chi connectivity index (χ2v) is 5.18. The van der Waals surface area contributed by atoms with Gasteiger partial charge in [-0.3, -0.25) is 4.79 Å². The van der Waals surface area contributed by atoms with Crippen LogP contribution in [0.2, 0.25) is 0 Å².